The summed E-state index contributed by atoms with van der Waals surface area (Å²) < 4.78 is 0. The second kappa shape index (κ2) is 5.47. The van der Waals surface area contributed by atoms with Gasteiger partial charge in [0, 0.05) is 19.0 Å². The van der Waals surface area contributed by atoms with Crippen LogP contribution < -0.4 is 11.1 Å². The average Bonchev–Trinajstić information content (AvgIpc) is 2.96. The van der Waals surface area contributed by atoms with Crippen LogP contribution in [0.25, 0.3) is 0 Å². The highest BCUT2D eigenvalue weighted by Gasteiger charge is 2.29. The second-order valence-electron chi connectivity index (χ2n) is 4.82. The summed E-state index contributed by atoms with van der Waals surface area (Å²) in [5, 5.41) is 12.2. The Bertz CT molecular complexity index is 215. The third-order valence-corrected chi connectivity index (χ3v) is 2.93. The predicted octanol–water partition coefficient (Wildman–Crippen LogP) is 0.247. The van der Waals surface area contributed by atoms with Crippen molar-refractivity contribution in [1.82, 2.24) is 5.32 Å². The summed E-state index contributed by atoms with van der Waals surface area (Å²) in [5.41, 5.74) is 5.82. The van der Waals surface area contributed by atoms with Crippen molar-refractivity contribution < 1.29 is 9.90 Å². The van der Waals surface area contributed by atoms with Crippen LogP contribution in [0.15, 0.2) is 0 Å². The zero-order chi connectivity index (χ0) is 11.4. The first-order chi connectivity index (χ1) is 7.00. The maximum atomic E-state index is 11.4. The van der Waals surface area contributed by atoms with Crippen molar-refractivity contribution in [3.63, 3.8) is 0 Å². The molecule has 15 heavy (non-hydrogen) atoms. The fourth-order valence-electron chi connectivity index (χ4n) is 1.43. The Morgan fingerprint density at radius 2 is 2.13 bits per heavy atom. The third-order valence-electron chi connectivity index (χ3n) is 2.93. The number of amides is 1. The number of carbonyl (C=O) groups excluding carboxylic acids is 1. The molecular formula is C11H22N2O2. The van der Waals surface area contributed by atoms with Crippen molar-refractivity contribution in [3.05, 3.63) is 0 Å². The predicted molar refractivity (Wildman–Crippen MR) is 59.2 cm³/mol. The van der Waals surface area contributed by atoms with E-state index >= 15 is 0 Å². The van der Waals surface area contributed by atoms with Crippen molar-refractivity contribution in [1.29, 1.82) is 0 Å². The van der Waals surface area contributed by atoms with Crippen LogP contribution in [0.4, 0.5) is 0 Å². The lowest BCUT2D eigenvalue weighted by atomic mass is 10.1. The lowest BCUT2D eigenvalue weighted by Gasteiger charge is -2.16. The number of carbonyl (C=O) groups is 1. The Balaban J connectivity index is 2.12. The van der Waals surface area contributed by atoms with Crippen molar-refractivity contribution in [2.45, 2.75) is 45.3 Å². The van der Waals surface area contributed by atoms with Crippen molar-refractivity contribution in [2.75, 3.05) is 6.54 Å². The highest BCUT2D eigenvalue weighted by molar-refractivity contribution is 5.76. The van der Waals surface area contributed by atoms with E-state index < -0.39 is 6.10 Å². The minimum absolute atomic E-state index is 0.00110. The summed E-state index contributed by atoms with van der Waals surface area (Å²) >= 11 is 0. The summed E-state index contributed by atoms with van der Waals surface area (Å²) in [6.07, 6.45) is 2.23. The normalized spacial score (nSPS) is 20.1. The lowest BCUT2D eigenvalue weighted by molar-refractivity contribution is -0.122. The van der Waals surface area contributed by atoms with Gasteiger partial charge in [-0.05, 0) is 24.7 Å². The van der Waals surface area contributed by atoms with E-state index in [-0.39, 0.29) is 17.9 Å². The minimum Gasteiger partial charge on any atom is -0.391 e. The Morgan fingerprint density at radius 1 is 1.53 bits per heavy atom. The summed E-state index contributed by atoms with van der Waals surface area (Å²) in [5.74, 6) is 0.669. The van der Waals surface area contributed by atoms with Gasteiger partial charge in [-0.15, -0.1) is 0 Å². The molecule has 0 saturated heterocycles. The summed E-state index contributed by atoms with van der Waals surface area (Å²) in [6, 6.07) is 0.00110. The molecule has 0 spiro atoms. The highest BCUT2D eigenvalue weighted by Crippen LogP contribution is 2.32. The standard InChI is InChI=1S/C11H22N2O2/c1-7(2)10(14)6-13-11(15)5-9(12)8-3-4-8/h7-10,14H,3-6,12H2,1-2H3,(H,13,15). The van der Waals surface area contributed by atoms with Gasteiger partial charge in [0.2, 0.25) is 5.91 Å². The molecule has 1 amide bonds. The van der Waals surface area contributed by atoms with Crippen LogP contribution in [0, 0.1) is 11.8 Å². The van der Waals surface area contributed by atoms with E-state index in [0.717, 1.165) is 12.8 Å². The molecule has 0 aliphatic heterocycles. The highest BCUT2D eigenvalue weighted by atomic mass is 16.3. The molecule has 2 atom stereocenters. The van der Waals surface area contributed by atoms with Crippen molar-refractivity contribution >= 4 is 5.91 Å². The quantitative estimate of drug-likeness (QED) is 0.593. The Kier molecular flexibility index (Phi) is 4.54. The molecule has 1 aliphatic carbocycles. The maximum Gasteiger partial charge on any atom is 0.221 e. The van der Waals surface area contributed by atoms with Crippen LogP contribution in [-0.2, 0) is 4.79 Å². The third kappa shape index (κ3) is 4.62. The van der Waals surface area contributed by atoms with Gasteiger partial charge in [-0.2, -0.15) is 0 Å². The van der Waals surface area contributed by atoms with Crippen LogP contribution in [0.2, 0.25) is 0 Å². The molecule has 1 rings (SSSR count). The first kappa shape index (κ1) is 12.5. The molecule has 2 unspecified atom stereocenters. The zero-order valence-corrected chi connectivity index (χ0v) is 9.57. The summed E-state index contributed by atoms with van der Waals surface area (Å²) in [6.45, 7) is 4.17. The number of aliphatic hydroxyl groups excluding tert-OH is 1. The van der Waals surface area contributed by atoms with Gasteiger partial charge in [0.15, 0.2) is 0 Å². The van der Waals surface area contributed by atoms with Crippen LogP contribution in [-0.4, -0.2) is 29.7 Å². The molecule has 0 radical (unpaired) electrons. The van der Waals surface area contributed by atoms with E-state index in [4.69, 9.17) is 5.73 Å². The summed E-state index contributed by atoms with van der Waals surface area (Å²) in [4.78, 5) is 11.4. The Labute approximate surface area is 91.2 Å². The van der Waals surface area contributed by atoms with Gasteiger partial charge in [0.1, 0.15) is 0 Å². The fourth-order valence-corrected chi connectivity index (χ4v) is 1.43. The van der Waals surface area contributed by atoms with Gasteiger partial charge in [0.05, 0.1) is 6.10 Å². The molecule has 0 bridgehead atoms. The topological polar surface area (TPSA) is 75.3 Å². The molecule has 1 saturated carbocycles. The number of aliphatic hydroxyl groups is 1. The number of nitrogens with one attached hydrogen (secondary N) is 1. The molecule has 88 valence electrons. The molecule has 4 heteroatoms. The lowest BCUT2D eigenvalue weighted by Crippen LogP contribution is -2.38. The smallest absolute Gasteiger partial charge is 0.221 e. The SMILES string of the molecule is CC(C)C(O)CNC(=O)CC(N)C1CC1. The van der Waals surface area contributed by atoms with Gasteiger partial charge in [-0.3, -0.25) is 4.79 Å². The molecule has 0 aromatic heterocycles. The first-order valence-corrected chi connectivity index (χ1v) is 5.71. The van der Waals surface area contributed by atoms with Gasteiger partial charge in [0.25, 0.3) is 0 Å². The Morgan fingerprint density at radius 3 is 2.60 bits per heavy atom. The van der Waals surface area contributed by atoms with Gasteiger partial charge >= 0.3 is 0 Å². The average molecular weight is 214 g/mol. The largest absolute Gasteiger partial charge is 0.391 e. The van der Waals surface area contributed by atoms with Crippen molar-refractivity contribution in [2.24, 2.45) is 17.6 Å². The first-order valence-electron chi connectivity index (χ1n) is 5.71. The van der Waals surface area contributed by atoms with Crippen LogP contribution >= 0.6 is 0 Å². The van der Waals surface area contributed by atoms with E-state index in [0.29, 0.717) is 18.9 Å². The van der Waals surface area contributed by atoms with Crippen LogP contribution in [0.5, 0.6) is 0 Å². The molecule has 0 aromatic carbocycles. The van der Waals surface area contributed by atoms with Gasteiger partial charge in [-0.25, -0.2) is 0 Å². The molecule has 4 N–H and O–H groups in total. The molecule has 1 aliphatic rings. The van der Waals surface area contributed by atoms with E-state index in [1.807, 2.05) is 13.8 Å². The molecule has 4 nitrogen and oxygen atoms in total. The van der Waals surface area contributed by atoms with Crippen LogP contribution in [0.3, 0.4) is 0 Å². The van der Waals surface area contributed by atoms with E-state index in [1.165, 1.54) is 0 Å². The Hall–Kier alpha value is -0.610. The second-order valence-corrected chi connectivity index (χ2v) is 4.82. The maximum absolute atomic E-state index is 11.4. The minimum atomic E-state index is -0.467. The summed E-state index contributed by atoms with van der Waals surface area (Å²) in [7, 11) is 0. The number of rotatable bonds is 6. The van der Waals surface area contributed by atoms with E-state index in [1.54, 1.807) is 0 Å². The van der Waals surface area contributed by atoms with Crippen molar-refractivity contribution in [3.8, 4) is 0 Å². The van der Waals surface area contributed by atoms with E-state index in [9.17, 15) is 9.90 Å². The zero-order valence-electron chi connectivity index (χ0n) is 9.57. The number of hydrogen-bond donors (Lipinski definition) is 3. The molecular weight excluding hydrogens is 192 g/mol. The fraction of sp³-hybridized carbons (Fsp3) is 0.909. The van der Waals surface area contributed by atoms with Gasteiger partial charge < -0.3 is 16.2 Å². The molecule has 0 aromatic rings. The monoisotopic (exact) mass is 214 g/mol. The van der Waals surface area contributed by atoms with E-state index in [2.05, 4.69) is 5.32 Å². The van der Waals surface area contributed by atoms with Crippen LogP contribution in [0.1, 0.15) is 33.1 Å². The molecule has 1 fully saturated rings. The molecule has 0 heterocycles. The number of nitrogens with two attached hydrogens (primary N) is 1. The van der Waals surface area contributed by atoms with Gasteiger partial charge in [-0.1, -0.05) is 13.8 Å². The number of hydrogen-bond acceptors (Lipinski definition) is 3.